The molecule has 2 rings (SSSR count). The molecule has 0 radical (unpaired) electrons. The molecule has 0 spiro atoms. The lowest BCUT2D eigenvalue weighted by Gasteiger charge is -2.25. The second-order valence-corrected chi connectivity index (χ2v) is 5.91. The number of halogens is 1. The van der Waals surface area contributed by atoms with Crippen LogP contribution >= 0.6 is 11.6 Å². The Kier molecular flexibility index (Phi) is 4.99. The molecule has 0 aromatic carbocycles. The number of anilines is 1. The van der Waals surface area contributed by atoms with Crippen molar-refractivity contribution in [2.45, 2.75) is 45.6 Å². The minimum absolute atomic E-state index is 0.318. The molecule has 5 heteroatoms. The van der Waals surface area contributed by atoms with Crippen LogP contribution in [0.15, 0.2) is 6.33 Å². The van der Waals surface area contributed by atoms with Gasteiger partial charge >= 0.3 is 0 Å². The Morgan fingerprint density at radius 3 is 2.58 bits per heavy atom. The zero-order valence-corrected chi connectivity index (χ0v) is 12.7. The van der Waals surface area contributed by atoms with E-state index in [1.54, 1.807) is 0 Å². The van der Waals surface area contributed by atoms with Crippen molar-refractivity contribution < 1.29 is 0 Å². The van der Waals surface area contributed by atoms with E-state index < -0.39 is 0 Å². The average Bonchev–Trinajstić information content (AvgIpc) is 2.89. The van der Waals surface area contributed by atoms with Crippen LogP contribution in [-0.2, 0) is 0 Å². The summed E-state index contributed by atoms with van der Waals surface area (Å²) in [4.78, 5) is 10.9. The first-order valence-electron chi connectivity index (χ1n) is 7.08. The van der Waals surface area contributed by atoms with Crippen molar-refractivity contribution in [3.05, 3.63) is 17.0 Å². The molecule has 1 atom stereocenters. The number of rotatable bonds is 5. The Bertz CT molecular complexity index is 416. The molecule has 1 aliphatic heterocycles. The van der Waals surface area contributed by atoms with Gasteiger partial charge in [0.05, 0.1) is 0 Å². The lowest BCUT2D eigenvalue weighted by atomic mass is 10.1. The van der Waals surface area contributed by atoms with Gasteiger partial charge < -0.3 is 5.32 Å². The van der Waals surface area contributed by atoms with Crippen molar-refractivity contribution in [1.29, 1.82) is 0 Å². The molecule has 1 unspecified atom stereocenters. The minimum Gasteiger partial charge on any atom is -0.368 e. The third-order valence-corrected chi connectivity index (χ3v) is 4.04. The van der Waals surface area contributed by atoms with Crippen molar-refractivity contribution in [3.63, 3.8) is 0 Å². The van der Waals surface area contributed by atoms with Crippen molar-refractivity contribution in [3.8, 4) is 0 Å². The summed E-state index contributed by atoms with van der Waals surface area (Å²) in [6.45, 7) is 9.80. The molecule has 1 aliphatic rings. The molecule has 106 valence electrons. The monoisotopic (exact) mass is 282 g/mol. The molecule has 0 saturated carbocycles. The van der Waals surface area contributed by atoms with Gasteiger partial charge in [0.2, 0.25) is 0 Å². The minimum atomic E-state index is 0.318. The van der Waals surface area contributed by atoms with Gasteiger partial charge in [-0.2, -0.15) is 0 Å². The van der Waals surface area contributed by atoms with Crippen LogP contribution in [0.1, 0.15) is 45.1 Å². The van der Waals surface area contributed by atoms with Crippen molar-refractivity contribution >= 4 is 17.4 Å². The number of hydrogen-bond acceptors (Lipinski definition) is 4. The standard InChI is InChI=1S/C14H23ClN4/c1-10(2)12-13(15)17-9-18-14(12)16-8-11(3)19-6-4-5-7-19/h9-11H,4-8H2,1-3H3,(H,16,17,18). The smallest absolute Gasteiger partial charge is 0.138 e. The Morgan fingerprint density at radius 1 is 1.26 bits per heavy atom. The summed E-state index contributed by atoms with van der Waals surface area (Å²) in [5, 5.41) is 3.99. The summed E-state index contributed by atoms with van der Waals surface area (Å²) in [6.07, 6.45) is 4.17. The first kappa shape index (κ1) is 14.5. The third kappa shape index (κ3) is 3.57. The van der Waals surface area contributed by atoms with Crippen LogP contribution in [0, 0.1) is 0 Å². The second-order valence-electron chi connectivity index (χ2n) is 5.55. The zero-order valence-electron chi connectivity index (χ0n) is 12.0. The second kappa shape index (κ2) is 6.53. The Hall–Kier alpha value is -0.870. The van der Waals surface area contributed by atoms with E-state index in [0.717, 1.165) is 17.9 Å². The van der Waals surface area contributed by atoms with Gasteiger partial charge in [0.25, 0.3) is 0 Å². The molecular weight excluding hydrogens is 260 g/mol. The largest absolute Gasteiger partial charge is 0.368 e. The SMILES string of the molecule is CC(C)c1c(Cl)ncnc1NCC(C)N1CCCC1. The average molecular weight is 283 g/mol. The molecule has 19 heavy (non-hydrogen) atoms. The van der Waals surface area contributed by atoms with E-state index in [1.807, 2.05) is 0 Å². The summed E-state index contributed by atoms with van der Waals surface area (Å²) in [5.74, 6) is 1.19. The van der Waals surface area contributed by atoms with Crippen LogP contribution < -0.4 is 5.32 Å². The Morgan fingerprint density at radius 2 is 1.95 bits per heavy atom. The molecule has 0 aliphatic carbocycles. The fourth-order valence-corrected chi connectivity index (χ4v) is 2.93. The van der Waals surface area contributed by atoms with E-state index in [2.05, 4.69) is 41.0 Å². The van der Waals surface area contributed by atoms with E-state index in [-0.39, 0.29) is 0 Å². The maximum Gasteiger partial charge on any atom is 0.138 e. The summed E-state index contributed by atoms with van der Waals surface area (Å²) < 4.78 is 0. The predicted molar refractivity (Wildman–Crippen MR) is 79.9 cm³/mol. The Labute approximate surface area is 120 Å². The van der Waals surface area contributed by atoms with E-state index in [1.165, 1.54) is 32.3 Å². The highest BCUT2D eigenvalue weighted by molar-refractivity contribution is 6.30. The normalized spacial score (nSPS) is 17.9. The van der Waals surface area contributed by atoms with Gasteiger partial charge in [0, 0.05) is 18.2 Å². The molecule has 0 amide bonds. The lowest BCUT2D eigenvalue weighted by molar-refractivity contribution is 0.269. The topological polar surface area (TPSA) is 41.1 Å². The quantitative estimate of drug-likeness (QED) is 0.843. The van der Waals surface area contributed by atoms with Crippen molar-refractivity contribution in [1.82, 2.24) is 14.9 Å². The number of likely N-dealkylation sites (tertiary alicyclic amines) is 1. The van der Waals surface area contributed by atoms with Crippen LogP contribution in [0.5, 0.6) is 0 Å². The number of nitrogens with one attached hydrogen (secondary N) is 1. The highest BCUT2D eigenvalue weighted by Gasteiger charge is 2.19. The maximum atomic E-state index is 6.17. The van der Waals surface area contributed by atoms with Gasteiger partial charge in [0.1, 0.15) is 17.3 Å². The van der Waals surface area contributed by atoms with Crippen LogP contribution in [-0.4, -0.2) is 40.5 Å². The van der Waals surface area contributed by atoms with Crippen LogP contribution in [0.3, 0.4) is 0 Å². The molecule has 1 aromatic rings. The predicted octanol–water partition coefficient (Wildman–Crippen LogP) is 3.15. The first-order valence-corrected chi connectivity index (χ1v) is 7.45. The highest BCUT2D eigenvalue weighted by atomic mass is 35.5. The summed E-state index contributed by atoms with van der Waals surface area (Å²) in [5.41, 5.74) is 1.01. The van der Waals surface area contributed by atoms with Gasteiger partial charge in [-0.05, 0) is 38.8 Å². The fraction of sp³-hybridized carbons (Fsp3) is 0.714. The van der Waals surface area contributed by atoms with Gasteiger partial charge in [-0.1, -0.05) is 25.4 Å². The van der Waals surface area contributed by atoms with Gasteiger partial charge in [0.15, 0.2) is 0 Å². The van der Waals surface area contributed by atoms with E-state index >= 15 is 0 Å². The van der Waals surface area contributed by atoms with Crippen molar-refractivity contribution in [2.75, 3.05) is 25.0 Å². The first-order chi connectivity index (χ1) is 9.09. The van der Waals surface area contributed by atoms with Crippen LogP contribution in [0.2, 0.25) is 5.15 Å². The van der Waals surface area contributed by atoms with E-state index in [4.69, 9.17) is 11.6 Å². The Balaban J connectivity index is 2.00. The molecule has 4 nitrogen and oxygen atoms in total. The number of nitrogens with zero attached hydrogens (tertiary/aromatic N) is 3. The number of aromatic nitrogens is 2. The molecule has 1 N–H and O–H groups in total. The van der Waals surface area contributed by atoms with Gasteiger partial charge in [-0.25, -0.2) is 9.97 Å². The van der Waals surface area contributed by atoms with Crippen LogP contribution in [0.25, 0.3) is 0 Å². The molecule has 1 fully saturated rings. The molecule has 0 bridgehead atoms. The summed E-state index contributed by atoms with van der Waals surface area (Å²) >= 11 is 6.17. The third-order valence-electron chi connectivity index (χ3n) is 3.74. The van der Waals surface area contributed by atoms with Gasteiger partial charge in [-0.3, -0.25) is 4.90 Å². The van der Waals surface area contributed by atoms with E-state index in [0.29, 0.717) is 17.1 Å². The summed E-state index contributed by atoms with van der Waals surface area (Å²) in [6, 6.07) is 0.524. The molecule has 1 saturated heterocycles. The van der Waals surface area contributed by atoms with Gasteiger partial charge in [-0.15, -0.1) is 0 Å². The molecule has 1 aromatic heterocycles. The number of hydrogen-bond donors (Lipinski definition) is 1. The molecule has 2 heterocycles. The summed E-state index contributed by atoms with van der Waals surface area (Å²) in [7, 11) is 0. The maximum absolute atomic E-state index is 6.17. The van der Waals surface area contributed by atoms with Crippen LogP contribution in [0.4, 0.5) is 5.82 Å². The van der Waals surface area contributed by atoms with E-state index in [9.17, 15) is 0 Å². The lowest BCUT2D eigenvalue weighted by Crippen LogP contribution is -2.35. The highest BCUT2D eigenvalue weighted by Crippen LogP contribution is 2.28. The molecular formula is C14H23ClN4. The fourth-order valence-electron chi connectivity index (χ4n) is 2.58. The zero-order chi connectivity index (χ0) is 13.8. The van der Waals surface area contributed by atoms with Crippen molar-refractivity contribution in [2.24, 2.45) is 0 Å².